The Labute approximate surface area is 165 Å². The van der Waals surface area contributed by atoms with Crippen molar-refractivity contribution in [3.8, 4) is 0 Å². The van der Waals surface area contributed by atoms with Gasteiger partial charge in [0, 0.05) is 6.54 Å². The number of rotatable bonds is 5. The lowest BCUT2D eigenvalue weighted by Gasteiger charge is -2.25. The van der Waals surface area contributed by atoms with Crippen LogP contribution in [0, 0.1) is 23.7 Å². The lowest BCUT2D eigenvalue weighted by atomic mass is 9.76. The van der Waals surface area contributed by atoms with Crippen LogP contribution in [-0.4, -0.2) is 23.3 Å². The molecule has 2 aliphatic rings. The lowest BCUT2D eigenvalue weighted by Crippen LogP contribution is -2.32. The second kappa shape index (κ2) is 10.1. The van der Waals surface area contributed by atoms with E-state index in [1.54, 1.807) is 4.90 Å². The Kier molecular flexibility index (Phi) is 8.07. The Morgan fingerprint density at radius 2 is 1.59 bits per heavy atom. The summed E-state index contributed by atoms with van der Waals surface area (Å²) in [6.45, 7) is 11.6. The van der Waals surface area contributed by atoms with E-state index < -0.39 is 0 Å². The van der Waals surface area contributed by atoms with Crippen molar-refractivity contribution in [3.05, 3.63) is 35.9 Å². The number of nitrogens with zero attached hydrogens (tertiary/aromatic N) is 1. The van der Waals surface area contributed by atoms with Gasteiger partial charge in [-0.25, -0.2) is 0 Å². The molecule has 2 amide bonds. The average molecular weight is 372 g/mol. The summed E-state index contributed by atoms with van der Waals surface area (Å²) in [5.74, 6) is 2.12. The molecule has 1 heterocycles. The fourth-order valence-electron chi connectivity index (χ4n) is 4.17. The minimum atomic E-state index is 0.000278. The van der Waals surface area contributed by atoms with Crippen molar-refractivity contribution < 1.29 is 9.59 Å². The van der Waals surface area contributed by atoms with Gasteiger partial charge in [0.25, 0.3) is 0 Å². The molecule has 1 aromatic carbocycles. The maximum atomic E-state index is 12.3. The number of amides is 2. The molecule has 0 aromatic heterocycles. The second-order valence-electron chi connectivity index (χ2n) is 9.06. The van der Waals surface area contributed by atoms with Gasteiger partial charge in [0.15, 0.2) is 0 Å². The number of carbonyl (C=O) groups is 2. The predicted molar refractivity (Wildman–Crippen MR) is 111 cm³/mol. The molecular weight excluding hydrogens is 334 g/mol. The van der Waals surface area contributed by atoms with E-state index in [0.717, 1.165) is 32.1 Å². The van der Waals surface area contributed by atoms with Crippen molar-refractivity contribution in [3.63, 3.8) is 0 Å². The first-order valence-electron chi connectivity index (χ1n) is 10.7. The Balaban J connectivity index is 0.000000244. The zero-order valence-corrected chi connectivity index (χ0v) is 17.8. The summed E-state index contributed by atoms with van der Waals surface area (Å²) < 4.78 is 0. The summed E-state index contributed by atoms with van der Waals surface area (Å²) in [7, 11) is 0. The summed E-state index contributed by atoms with van der Waals surface area (Å²) in [6, 6.07) is 10.5. The van der Waals surface area contributed by atoms with Crippen molar-refractivity contribution in [2.45, 2.75) is 72.6 Å². The van der Waals surface area contributed by atoms with Crippen LogP contribution in [0.5, 0.6) is 0 Å². The molecule has 1 saturated heterocycles. The SMILES string of the molecule is CC(C)CCCN1C(=O)C2CCC(C)CC2C1=O.CC(C)c1ccccc1. The van der Waals surface area contributed by atoms with E-state index in [1.165, 1.54) is 5.56 Å². The van der Waals surface area contributed by atoms with E-state index in [2.05, 4.69) is 58.9 Å². The number of hydrogen-bond donors (Lipinski definition) is 0. The zero-order valence-electron chi connectivity index (χ0n) is 17.8. The molecule has 3 rings (SSSR count). The van der Waals surface area contributed by atoms with Gasteiger partial charge in [0.05, 0.1) is 11.8 Å². The Morgan fingerprint density at radius 3 is 2.15 bits per heavy atom. The number of benzene rings is 1. The highest BCUT2D eigenvalue weighted by molar-refractivity contribution is 6.05. The maximum absolute atomic E-state index is 12.3. The molecule has 0 bridgehead atoms. The predicted octanol–water partition coefficient (Wildman–Crippen LogP) is 5.65. The number of imide groups is 1. The summed E-state index contributed by atoms with van der Waals surface area (Å²) in [4.78, 5) is 26.1. The number of carbonyl (C=O) groups excluding carboxylic acids is 2. The molecule has 2 fully saturated rings. The third kappa shape index (κ3) is 5.92. The highest BCUT2D eigenvalue weighted by atomic mass is 16.2. The largest absolute Gasteiger partial charge is 0.282 e. The van der Waals surface area contributed by atoms with Crippen LogP contribution < -0.4 is 0 Å². The average Bonchev–Trinajstić information content (AvgIpc) is 2.87. The van der Waals surface area contributed by atoms with Crippen molar-refractivity contribution >= 4 is 11.8 Å². The van der Waals surface area contributed by atoms with Gasteiger partial charge in [-0.2, -0.15) is 0 Å². The fourth-order valence-corrected chi connectivity index (χ4v) is 4.17. The van der Waals surface area contributed by atoms with Gasteiger partial charge in [-0.1, -0.05) is 65.0 Å². The molecule has 1 aliphatic carbocycles. The number of likely N-dealkylation sites (tertiary alicyclic amines) is 1. The smallest absolute Gasteiger partial charge is 0.233 e. The summed E-state index contributed by atoms with van der Waals surface area (Å²) in [5.41, 5.74) is 1.41. The summed E-state index contributed by atoms with van der Waals surface area (Å²) in [5, 5.41) is 0. The van der Waals surface area contributed by atoms with Crippen LogP contribution in [-0.2, 0) is 9.59 Å². The monoisotopic (exact) mass is 371 g/mol. The Bertz CT molecular complexity index is 608. The van der Waals surface area contributed by atoms with Crippen LogP contribution in [0.3, 0.4) is 0 Å². The molecule has 3 heteroatoms. The van der Waals surface area contributed by atoms with Gasteiger partial charge in [-0.05, 0) is 55.4 Å². The van der Waals surface area contributed by atoms with Gasteiger partial charge < -0.3 is 0 Å². The van der Waals surface area contributed by atoms with Crippen LogP contribution in [0.25, 0.3) is 0 Å². The van der Waals surface area contributed by atoms with E-state index in [0.29, 0.717) is 24.3 Å². The normalized spacial score (nSPS) is 24.9. The first-order chi connectivity index (χ1) is 12.8. The van der Waals surface area contributed by atoms with Gasteiger partial charge in [-0.15, -0.1) is 0 Å². The highest BCUT2D eigenvalue weighted by Gasteiger charge is 2.48. The van der Waals surface area contributed by atoms with E-state index in [9.17, 15) is 9.59 Å². The van der Waals surface area contributed by atoms with Crippen molar-refractivity contribution in [2.24, 2.45) is 23.7 Å². The second-order valence-corrected chi connectivity index (χ2v) is 9.06. The van der Waals surface area contributed by atoms with Crippen LogP contribution in [0.15, 0.2) is 30.3 Å². The molecule has 3 nitrogen and oxygen atoms in total. The molecule has 1 aromatic rings. The standard InChI is InChI=1S/C15H25NO2.C9H12/c1-10(2)5-4-8-16-14(17)12-7-6-11(3)9-13(12)15(16)18;1-8(2)9-6-4-3-5-7-9/h10-13H,4-9H2,1-3H3;3-8H,1-2H3. The summed E-state index contributed by atoms with van der Waals surface area (Å²) >= 11 is 0. The number of fused-ring (bicyclic) bond motifs is 1. The van der Waals surface area contributed by atoms with Gasteiger partial charge in [0.2, 0.25) is 11.8 Å². The quantitative estimate of drug-likeness (QED) is 0.627. The minimum absolute atomic E-state index is 0.000278. The van der Waals surface area contributed by atoms with Crippen LogP contribution in [0.1, 0.15) is 78.2 Å². The topological polar surface area (TPSA) is 37.4 Å². The van der Waals surface area contributed by atoms with Crippen molar-refractivity contribution in [1.29, 1.82) is 0 Å². The van der Waals surface area contributed by atoms with E-state index >= 15 is 0 Å². The van der Waals surface area contributed by atoms with Gasteiger partial charge in [0.1, 0.15) is 0 Å². The molecule has 27 heavy (non-hydrogen) atoms. The lowest BCUT2D eigenvalue weighted by molar-refractivity contribution is -0.140. The molecular formula is C24H37NO2. The molecule has 150 valence electrons. The third-order valence-corrected chi connectivity index (χ3v) is 5.91. The fraction of sp³-hybridized carbons (Fsp3) is 0.667. The Morgan fingerprint density at radius 1 is 0.963 bits per heavy atom. The molecule has 3 atom stereocenters. The highest BCUT2D eigenvalue weighted by Crippen LogP contribution is 2.40. The van der Waals surface area contributed by atoms with E-state index in [4.69, 9.17) is 0 Å². The van der Waals surface area contributed by atoms with Gasteiger partial charge >= 0.3 is 0 Å². The third-order valence-electron chi connectivity index (χ3n) is 5.91. The summed E-state index contributed by atoms with van der Waals surface area (Å²) in [6.07, 6.45) is 4.96. The molecule has 1 saturated carbocycles. The first kappa shape index (κ1) is 21.7. The Hall–Kier alpha value is -1.64. The molecule has 0 spiro atoms. The van der Waals surface area contributed by atoms with Crippen molar-refractivity contribution in [2.75, 3.05) is 6.54 Å². The minimum Gasteiger partial charge on any atom is -0.282 e. The molecule has 0 N–H and O–H groups in total. The molecule has 1 aliphatic heterocycles. The van der Waals surface area contributed by atoms with E-state index in [-0.39, 0.29) is 23.7 Å². The maximum Gasteiger partial charge on any atom is 0.233 e. The number of hydrogen-bond acceptors (Lipinski definition) is 2. The van der Waals surface area contributed by atoms with Crippen molar-refractivity contribution in [1.82, 2.24) is 4.90 Å². The van der Waals surface area contributed by atoms with Crippen LogP contribution in [0.2, 0.25) is 0 Å². The molecule has 3 unspecified atom stereocenters. The van der Waals surface area contributed by atoms with Crippen LogP contribution >= 0.6 is 0 Å². The molecule has 0 radical (unpaired) electrons. The zero-order chi connectivity index (χ0) is 20.0. The van der Waals surface area contributed by atoms with Gasteiger partial charge in [-0.3, -0.25) is 14.5 Å². The first-order valence-corrected chi connectivity index (χ1v) is 10.7. The van der Waals surface area contributed by atoms with Crippen LogP contribution in [0.4, 0.5) is 0 Å². The van der Waals surface area contributed by atoms with E-state index in [1.807, 2.05) is 6.07 Å².